The van der Waals surface area contributed by atoms with Gasteiger partial charge in [0.25, 0.3) is 5.91 Å². The highest BCUT2D eigenvalue weighted by Crippen LogP contribution is 2.38. The zero-order chi connectivity index (χ0) is 24.5. The van der Waals surface area contributed by atoms with E-state index < -0.39 is 17.5 Å². The van der Waals surface area contributed by atoms with Crippen molar-refractivity contribution in [3.05, 3.63) is 58.0 Å². The van der Waals surface area contributed by atoms with Crippen LogP contribution in [-0.2, 0) is 22.7 Å². The number of nitrogens with zero attached hydrogens (tertiary/aromatic N) is 1. The number of allylic oxidation sites excluding steroid dienone is 1. The van der Waals surface area contributed by atoms with Crippen LogP contribution in [0.5, 0.6) is 0 Å². The minimum absolute atomic E-state index is 0.141. The third-order valence-electron chi connectivity index (χ3n) is 5.66. The number of piperidine rings is 1. The van der Waals surface area contributed by atoms with Crippen molar-refractivity contribution >= 4 is 46.8 Å². The number of rotatable bonds is 5. The molecule has 1 saturated heterocycles. The third-order valence-corrected chi connectivity index (χ3v) is 6.69. The van der Waals surface area contributed by atoms with Gasteiger partial charge < -0.3 is 15.5 Å². The van der Waals surface area contributed by atoms with Gasteiger partial charge >= 0.3 is 5.51 Å². The van der Waals surface area contributed by atoms with E-state index in [1.807, 2.05) is 6.07 Å². The van der Waals surface area contributed by atoms with Gasteiger partial charge in [0.2, 0.25) is 11.8 Å². The molecular formula is C22H21F3N4O3S2. The van der Waals surface area contributed by atoms with Crippen LogP contribution < -0.4 is 16.0 Å². The maximum Gasteiger partial charge on any atom is 0.446 e. The van der Waals surface area contributed by atoms with Gasteiger partial charge in [-0.15, -0.1) is 0 Å². The number of nitrogens with one attached hydrogen (secondary N) is 3. The molecule has 0 bridgehead atoms. The summed E-state index contributed by atoms with van der Waals surface area (Å²) in [4.78, 5) is 38.0. The largest absolute Gasteiger partial charge is 0.446 e. The molecule has 1 aliphatic carbocycles. The Hall–Kier alpha value is -2.86. The van der Waals surface area contributed by atoms with E-state index in [0.717, 1.165) is 11.1 Å². The number of imide groups is 1. The molecule has 0 aromatic heterocycles. The van der Waals surface area contributed by atoms with Crippen molar-refractivity contribution in [3.63, 3.8) is 0 Å². The number of alkyl halides is 3. The average Bonchev–Trinajstić information content (AvgIpc) is 3.08. The summed E-state index contributed by atoms with van der Waals surface area (Å²) >= 11 is 5.16. The smallest absolute Gasteiger partial charge is 0.359 e. The first kappa shape index (κ1) is 24.3. The van der Waals surface area contributed by atoms with Crippen molar-refractivity contribution < 1.29 is 27.6 Å². The first-order valence-electron chi connectivity index (χ1n) is 10.5. The van der Waals surface area contributed by atoms with E-state index >= 15 is 0 Å². The van der Waals surface area contributed by atoms with E-state index in [-0.39, 0.29) is 47.5 Å². The lowest BCUT2D eigenvalue weighted by atomic mass is 10.0. The van der Waals surface area contributed by atoms with Gasteiger partial charge in [-0.1, -0.05) is 30.4 Å². The van der Waals surface area contributed by atoms with Gasteiger partial charge in [0.15, 0.2) is 5.11 Å². The Morgan fingerprint density at radius 2 is 2.06 bits per heavy atom. The third kappa shape index (κ3) is 5.79. The Balaban J connectivity index is 1.29. The minimum atomic E-state index is -4.31. The maximum atomic E-state index is 12.8. The highest BCUT2D eigenvalue weighted by Gasteiger charge is 2.39. The Kier molecular flexibility index (Phi) is 6.99. The van der Waals surface area contributed by atoms with E-state index in [1.165, 1.54) is 17.1 Å². The number of benzene rings is 1. The zero-order valence-corrected chi connectivity index (χ0v) is 19.4. The highest BCUT2D eigenvalue weighted by atomic mass is 32.2. The summed E-state index contributed by atoms with van der Waals surface area (Å²) in [5.74, 6) is -1.02. The summed E-state index contributed by atoms with van der Waals surface area (Å²) in [5.41, 5.74) is -2.11. The molecule has 1 aromatic carbocycles. The van der Waals surface area contributed by atoms with E-state index in [1.54, 1.807) is 18.2 Å². The fourth-order valence-electron chi connectivity index (χ4n) is 4.06. The summed E-state index contributed by atoms with van der Waals surface area (Å²) < 4.78 is 37.4. The lowest BCUT2D eigenvalue weighted by Gasteiger charge is -2.29. The molecule has 7 nitrogen and oxygen atoms in total. The Bertz CT molecular complexity index is 1100. The molecule has 2 heterocycles. The summed E-state index contributed by atoms with van der Waals surface area (Å²) in [6.45, 7) is 0.668. The summed E-state index contributed by atoms with van der Waals surface area (Å²) in [7, 11) is 0. The second-order valence-corrected chi connectivity index (χ2v) is 9.62. The molecule has 0 saturated carbocycles. The Morgan fingerprint density at radius 3 is 2.74 bits per heavy atom. The molecular weight excluding hydrogens is 489 g/mol. The normalized spacial score (nSPS) is 22.3. The molecule has 3 N–H and O–H groups in total. The predicted molar refractivity (Wildman–Crippen MR) is 124 cm³/mol. The first-order valence-corrected chi connectivity index (χ1v) is 11.8. The topological polar surface area (TPSA) is 90.5 Å². The first-order chi connectivity index (χ1) is 16.1. The lowest BCUT2D eigenvalue weighted by Crippen LogP contribution is -2.52. The van der Waals surface area contributed by atoms with Crippen LogP contribution in [0.25, 0.3) is 0 Å². The molecule has 2 atom stereocenters. The number of fused-ring (bicyclic) bond motifs is 1. The van der Waals surface area contributed by atoms with Gasteiger partial charge in [-0.25, -0.2) is 0 Å². The number of carbonyl (C=O) groups is 3. The van der Waals surface area contributed by atoms with Crippen LogP contribution in [0.2, 0.25) is 0 Å². The molecule has 1 aromatic rings. The number of thiocarbonyl (C=S) groups is 1. The van der Waals surface area contributed by atoms with Crippen molar-refractivity contribution in [1.29, 1.82) is 0 Å². The van der Waals surface area contributed by atoms with Gasteiger partial charge in [-0.05, 0) is 54.0 Å². The van der Waals surface area contributed by atoms with E-state index in [0.29, 0.717) is 30.1 Å². The fourth-order valence-corrected chi connectivity index (χ4v) is 4.87. The molecule has 4 rings (SSSR count). The van der Waals surface area contributed by atoms with Crippen LogP contribution in [0.1, 0.15) is 40.7 Å². The van der Waals surface area contributed by atoms with Crippen LogP contribution in [0, 0.1) is 0 Å². The van der Waals surface area contributed by atoms with Crippen LogP contribution in [0.4, 0.5) is 13.2 Å². The van der Waals surface area contributed by atoms with Crippen LogP contribution in [0.3, 0.4) is 0 Å². The van der Waals surface area contributed by atoms with E-state index in [9.17, 15) is 27.6 Å². The summed E-state index contributed by atoms with van der Waals surface area (Å²) in [6.07, 6.45) is 5.48. The Morgan fingerprint density at radius 1 is 1.26 bits per heavy atom. The molecule has 0 radical (unpaired) electrons. The summed E-state index contributed by atoms with van der Waals surface area (Å²) in [6, 6.07) is 4.51. The quantitative estimate of drug-likeness (QED) is 0.415. The van der Waals surface area contributed by atoms with Gasteiger partial charge in [0, 0.05) is 30.0 Å². The lowest BCUT2D eigenvalue weighted by molar-refractivity contribution is -0.136. The van der Waals surface area contributed by atoms with Crippen LogP contribution in [-0.4, -0.2) is 45.3 Å². The van der Waals surface area contributed by atoms with Gasteiger partial charge in [-0.3, -0.25) is 19.7 Å². The van der Waals surface area contributed by atoms with Gasteiger partial charge in [0.05, 0.1) is 6.04 Å². The maximum absolute atomic E-state index is 12.8. The number of thioether (sulfide) groups is 1. The molecule has 180 valence electrons. The second kappa shape index (κ2) is 9.79. The van der Waals surface area contributed by atoms with Crippen LogP contribution >= 0.6 is 24.0 Å². The van der Waals surface area contributed by atoms with Crippen molar-refractivity contribution in [1.82, 2.24) is 20.9 Å². The number of amides is 3. The molecule has 12 heteroatoms. The molecule has 3 aliphatic rings. The predicted octanol–water partition coefficient (Wildman–Crippen LogP) is 2.88. The zero-order valence-electron chi connectivity index (χ0n) is 17.8. The number of carbonyl (C=O) groups excluding carboxylic acids is 3. The standard InChI is InChI=1S/C22H21F3N4O3S2/c23-22(24,25)34-15-4-2-14(3-5-15)27-21(33)26-10-12-1-6-16-13(9-12)11-29(20(16)32)17-7-8-18(30)28-19(17)31/h1-2,4-6,9,14,17H,3,7-8,10-11H2,(H2,26,27,33)(H,28,30,31). The van der Waals surface area contributed by atoms with Crippen molar-refractivity contribution in [2.45, 2.75) is 49.9 Å². The monoisotopic (exact) mass is 510 g/mol. The number of hydrogen-bond donors (Lipinski definition) is 3. The van der Waals surface area contributed by atoms with Crippen molar-refractivity contribution in [2.24, 2.45) is 0 Å². The average molecular weight is 511 g/mol. The molecule has 34 heavy (non-hydrogen) atoms. The van der Waals surface area contributed by atoms with Crippen molar-refractivity contribution in [3.8, 4) is 0 Å². The second-order valence-electron chi connectivity index (χ2n) is 8.07. The SMILES string of the molecule is O=C1CCC(N2Cc3cc(CNC(=S)NC4C=CC(SC(F)(F)F)=CC4)ccc3C2=O)C(=O)N1. The molecule has 1 fully saturated rings. The molecule has 2 aliphatic heterocycles. The van der Waals surface area contributed by atoms with Crippen LogP contribution in [0.15, 0.2) is 41.3 Å². The highest BCUT2D eigenvalue weighted by molar-refractivity contribution is 8.04. The van der Waals surface area contributed by atoms with Crippen molar-refractivity contribution in [2.75, 3.05) is 0 Å². The number of hydrogen-bond acceptors (Lipinski definition) is 5. The number of halogens is 3. The molecule has 0 spiro atoms. The van der Waals surface area contributed by atoms with Gasteiger partial charge in [0.1, 0.15) is 6.04 Å². The summed E-state index contributed by atoms with van der Waals surface area (Å²) in [5, 5.41) is 8.76. The fraction of sp³-hybridized carbons (Fsp3) is 0.364. The van der Waals surface area contributed by atoms with Gasteiger partial charge in [-0.2, -0.15) is 13.2 Å². The Labute approximate surface area is 203 Å². The van der Waals surface area contributed by atoms with E-state index in [2.05, 4.69) is 16.0 Å². The molecule has 2 unspecified atom stereocenters. The molecule has 3 amide bonds. The minimum Gasteiger partial charge on any atom is -0.359 e. The van der Waals surface area contributed by atoms with E-state index in [4.69, 9.17) is 12.2 Å².